The Bertz CT molecular complexity index is 629. The second kappa shape index (κ2) is 7.18. The Hall–Kier alpha value is -0.940. The maximum Gasteiger partial charge on any atom is 0.159 e. The summed E-state index contributed by atoms with van der Waals surface area (Å²) in [5, 5.41) is 1.02. The van der Waals surface area contributed by atoms with Crippen molar-refractivity contribution in [1.29, 1.82) is 0 Å². The van der Waals surface area contributed by atoms with Crippen LogP contribution in [0.5, 0.6) is 5.75 Å². The molecule has 0 unspecified atom stereocenters. The molecule has 2 rings (SSSR count). The van der Waals surface area contributed by atoms with E-state index in [4.69, 9.17) is 4.74 Å². The number of ether oxygens (including phenoxy) is 1. The number of pyridine rings is 1. The van der Waals surface area contributed by atoms with Gasteiger partial charge in [-0.3, -0.25) is 4.98 Å². The first-order valence-corrected chi connectivity index (χ1v) is 8.03. The summed E-state index contributed by atoms with van der Waals surface area (Å²) >= 11 is 7.04. The predicted octanol–water partition coefficient (Wildman–Crippen LogP) is 4.90. The van der Waals surface area contributed by atoms with Gasteiger partial charge in [-0.25, -0.2) is 0 Å². The standard InChI is InChI=1S/C15H15Br2NO2/c1-10(19)5-2-3-8-20-15-13(17)9-12(16)11-6-4-7-18-14(11)15/h4,6-7,9H,2-3,5,8H2,1H3. The molecular formula is C15H15Br2NO2. The molecule has 0 bridgehead atoms. The highest BCUT2D eigenvalue weighted by molar-refractivity contribution is 9.11. The predicted molar refractivity (Wildman–Crippen MR) is 87.2 cm³/mol. The van der Waals surface area contributed by atoms with Crippen molar-refractivity contribution < 1.29 is 9.53 Å². The number of hydrogen-bond acceptors (Lipinski definition) is 3. The molecule has 0 radical (unpaired) electrons. The number of ketones is 1. The van der Waals surface area contributed by atoms with Crippen molar-refractivity contribution in [2.24, 2.45) is 0 Å². The fourth-order valence-corrected chi connectivity index (χ4v) is 3.32. The van der Waals surface area contributed by atoms with Gasteiger partial charge in [-0.1, -0.05) is 22.0 Å². The van der Waals surface area contributed by atoms with Gasteiger partial charge in [0.15, 0.2) is 5.75 Å². The molecule has 1 heterocycles. The topological polar surface area (TPSA) is 39.2 Å². The van der Waals surface area contributed by atoms with E-state index in [0.29, 0.717) is 13.0 Å². The van der Waals surface area contributed by atoms with Gasteiger partial charge in [0.1, 0.15) is 11.3 Å². The minimum atomic E-state index is 0.224. The lowest BCUT2D eigenvalue weighted by Gasteiger charge is -2.11. The van der Waals surface area contributed by atoms with Gasteiger partial charge >= 0.3 is 0 Å². The van der Waals surface area contributed by atoms with Gasteiger partial charge in [0.05, 0.1) is 11.1 Å². The second-order valence-electron chi connectivity index (χ2n) is 4.58. The fourth-order valence-electron chi connectivity index (χ4n) is 1.93. The minimum absolute atomic E-state index is 0.224. The van der Waals surface area contributed by atoms with Crippen molar-refractivity contribution in [3.8, 4) is 5.75 Å². The zero-order valence-corrected chi connectivity index (χ0v) is 14.3. The molecule has 1 aromatic carbocycles. The number of Topliss-reactive ketones (excluding diaryl/α,β-unsaturated/α-hetero) is 1. The molecule has 0 spiro atoms. The Kier molecular flexibility index (Phi) is 5.54. The number of benzene rings is 1. The number of hydrogen-bond donors (Lipinski definition) is 0. The normalized spacial score (nSPS) is 10.8. The molecule has 0 saturated heterocycles. The summed E-state index contributed by atoms with van der Waals surface area (Å²) < 4.78 is 7.71. The lowest BCUT2D eigenvalue weighted by molar-refractivity contribution is -0.117. The summed E-state index contributed by atoms with van der Waals surface area (Å²) in [5.41, 5.74) is 0.834. The summed E-state index contributed by atoms with van der Waals surface area (Å²) in [4.78, 5) is 15.3. The largest absolute Gasteiger partial charge is 0.490 e. The molecule has 0 amide bonds. The van der Waals surface area contributed by atoms with Gasteiger partial charge in [-0.15, -0.1) is 0 Å². The Balaban J connectivity index is 2.11. The van der Waals surface area contributed by atoms with Gasteiger partial charge in [0, 0.05) is 22.5 Å². The smallest absolute Gasteiger partial charge is 0.159 e. The highest BCUT2D eigenvalue weighted by atomic mass is 79.9. The molecule has 0 saturated carbocycles. The highest BCUT2D eigenvalue weighted by Gasteiger charge is 2.11. The number of fused-ring (bicyclic) bond motifs is 1. The van der Waals surface area contributed by atoms with Crippen molar-refractivity contribution in [3.05, 3.63) is 33.3 Å². The average molecular weight is 401 g/mol. The molecule has 20 heavy (non-hydrogen) atoms. The van der Waals surface area contributed by atoms with Crippen LogP contribution in [0.4, 0.5) is 0 Å². The lowest BCUT2D eigenvalue weighted by atomic mass is 10.2. The van der Waals surface area contributed by atoms with Crippen LogP contribution in [0, 0.1) is 0 Å². The van der Waals surface area contributed by atoms with Crippen LogP contribution in [-0.2, 0) is 4.79 Å². The van der Waals surface area contributed by atoms with Gasteiger partial charge in [-0.2, -0.15) is 0 Å². The molecular weight excluding hydrogens is 386 g/mol. The Labute approximate surface area is 135 Å². The Morgan fingerprint density at radius 2 is 2.10 bits per heavy atom. The summed E-state index contributed by atoms with van der Waals surface area (Å²) in [6, 6.07) is 5.87. The van der Waals surface area contributed by atoms with Crippen LogP contribution in [-0.4, -0.2) is 17.4 Å². The lowest BCUT2D eigenvalue weighted by Crippen LogP contribution is -2.01. The molecule has 3 nitrogen and oxygen atoms in total. The van der Waals surface area contributed by atoms with E-state index >= 15 is 0 Å². The summed E-state index contributed by atoms with van der Waals surface area (Å²) in [6.45, 7) is 2.20. The third kappa shape index (κ3) is 3.79. The summed E-state index contributed by atoms with van der Waals surface area (Å²) in [7, 11) is 0. The maximum atomic E-state index is 10.9. The van der Waals surface area contributed by atoms with Gasteiger partial charge in [0.25, 0.3) is 0 Å². The van der Waals surface area contributed by atoms with E-state index in [1.807, 2.05) is 18.2 Å². The van der Waals surface area contributed by atoms with Crippen LogP contribution >= 0.6 is 31.9 Å². The first-order chi connectivity index (χ1) is 9.59. The minimum Gasteiger partial charge on any atom is -0.490 e. The Morgan fingerprint density at radius 1 is 1.30 bits per heavy atom. The van der Waals surface area contributed by atoms with Crippen molar-refractivity contribution in [2.75, 3.05) is 6.61 Å². The van der Waals surface area contributed by atoms with E-state index in [1.54, 1.807) is 13.1 Å². The molecule has 0 atom stereocenters. The van der Waals surface area contributed by atoms with Gasteiger partial charge in [-0.05, 0) is 47.8 Å². The molecule has 0 aliphatic heterocycles. The zero-order valence-electron chi connectivity index (χ0n) is 11.2. The van der Waals surface area contributed by atoms with Crippen LogP contribution in [0.15, 0.2) is 33.3 Å². The third-order valence-corrected chi connectivity index (χ3v) is 4.17. The maximum absolute atomic E-state index is 10.9. The van der Waals surface area contributed by atoms with Gasteiger partial charge < -0.3 is 9.53 Å². The van der Waals surface area contributed by atoms with Gasteiger partial charge in [0.2, 0.25) is 0 Å². The molecule has 0 aliphatic rings. The van der Waals surface area contributed by atoms with Crippen LogP contribution < -0.4 is 4.74 Å². The van der Waals surface area contributed by atoms with E-state index in [-0.39, 0.29) is 5.78 Å². The van der Waals surface area contributed by atoms with Crippen molar-refractivity contribution >= 4 is 48.5 Å². The highest BCUT2D eigenvalue weighted by Crippen LogP contribution is 2.37. The number of unbranched alkanes of at least 4 members (excludes halogenated alkanes) is 1. The van der Waals surface area contributed by atoms with Crippen LogP contribution in [0.1, 0.15) is 26.2 Å². The monoisotopic (exact) mass is 399 g/mol. The number of carbonyl (C=O) groups is 1. The first kappa shape index (κ1) is 15.4. The fraction of sp³-hybridized carbons (Fsp3) is 0.333. The average Bonchev–Trinajstić information content (AvgIpc) is 2.41. The van der Waals surface area contributed by atoms with E-state index < -0.39 is 0 Å². The number of aromatic nitrogens is 1. The summed E-state index contributed by atoms with van der Waals surface area (Å²) in [5.74, 6) is 0.980. The molecule has 0 fully saturated rings. The molecule has 0 aliphatic carbocycles. The van der Waals surface area contributed by atoms with Crippen LogP contribution in [0.3, 0.4) is 0 Å². The van der Waals surface area contributed by atoms with Crippen molar-refractivity contribution in [1.82, 2.24) is 4.98 Å². The van der Waals surface area contributed by atoms with Crippen molar-refractivity contribution in [2.45, 2.75) is 26.2 Å². The molecule has 2 aromatic rings. The van der Waals surface area contributed by atoms with E-state index in [2.05, 4.69) is 36.8 Å². The van der Waals surface area contributed by atoms with Crippen LogP contribution in [0.25, 0.3) is 10.9 Å². The molecule has 1 aromatic heterocycles. The first-order valence-electron chi connectivity index (χ1n) is 6.44. The number of carbonyl (C=O) groups excluding carboxylic acids is 1. The summed E-state index contributed by atoms with van der Waals surface area (Å²) in [6.07, 6.45) is 4.08. The third-order valence-electron chi connectivity index (χ3n) is 2.92. The number of rotatable bonds is 6. The molecule has 5 heteroatoms. The second-order valence-corrected chi connectivity index (χ2v) is 6.29. The van der Waals surface area contributed by atoms with Crippen LogP contribution in [0.2, 0.25) is 0 Å². The van der Waals surface area contributed by atoms with E-state index in [0.717, 1.165) is 38.4 Å². The van der Waals surface area contributed by atoms with Crippen molar-refractivity contribution in [3.63, 3.8) is 0 Å². The zero-order chi connectivity index (χ0) is 14.5. The SMILES string of the molecule is CC(=O)CCCCOc1c(Br)cc(Br)c2cccnc12. The van der Waals surface area contributed by atoms with E-state index in [1.165, 1.54) is 0 Å². The quantitative estimate of drug-likeness (QED) is 0.647. The number of halogens is 2. The molecule has 106 valence electrons. The Morgan fingerprint density at radius 3 is 2.85 bits per heavy atom. The number of nitrogens with zero attached hydrogens (tertiary/aromatic N) is 1. The molecule has 0 N–H and O–H groups in total. The van der Waals surface area contributed by atoms with E-state index in [9.17, 15) is 4.79 Å².